The summed E-state index contributed by atoms with van der Waals surface area (Å²) < 4.78 is 0. The molecule has 9 heteroatoms. The van der Waals surface area contributed by atoms with E-state index < -0.39 is 4.92 Å². The molecule has 31 heavy (non-hydrogen) atoms. The van der Waals surface area contributed by atoms with Crippen LogP contribution in [0.15, 0.2) is 59.4 Å². The lowest BCUT2D eigenvalue weighted by molar-refractivity contribution is -0.384. The van der Waals surface area contributed by atoms with Gasteiger partial charge in [0.05, 0.1) is 11.5 Å². The Balaban J connectivity index is 1.35. The Hall–Kier alpha value is -3.85. The molecular weight excluding hydrogens is 400 g/mol. The molecule has 1 amide bonds. The van der Waals surface area contributed by atoms with Crippen molar-refractivity contribution in [3.63, 3.8) is 0 Å². The van der Waals surface area contributed by atoms with Gasteiger partial charge in [-0.2, -0.15) is 0 Å². The second kappa shape index (κ2) is 8.49. The molecule has 1 aromatic heterocycles. The number of rotatable bonds is 5. The summed E-state index contributed by atoms with van der Waals surface area (Å²) in [6.07, 6.45) is 0. The molecule has 1 aliphatic rings. The third kappa shape index (κ3) is 4.51. The predicted molar refractivity (Wildman–Crippen MR) is 114 cm³/mol. The summed E-state index contributed by atoms with van der Waals surface area (Å²) in [6.45, 7) is 2.31. The molecule has 2 aromatic carbocycles. The van der Waals surface area contributed by atoms with Crippen LogP contribution in [0.1, 0.15) is 20.7 Å². The summed E-state index contributed by atoms with van der Waals surface area (Å²) in [7, 11) is 0. The van der Waals surface area contributed by atoms with Crippen LogP contribution in [0.5, 0.6) is 0 Å². The van der Waals surface area contributed by atoms with Gasteiger partial charge >= 0.3 is 0 Å². The number of nitrogens with zero attached hydrogens (tertiary/aromatic N) is 3. The second-order valence-electron chi connectivity index (χ2n) is 7.42. The third-order valence-electron chi connectivity index (χ3n) is 5.40. The van der Waals surface area contributed by atoms with E-state index in [4.69, 9.17) is 0 Å². The molecule has 0 saturated carbocycles. The van der Waals surface area contributed by atoms with Gasteiger partial charge in [-0.25, -0.2) is 0 Å². The number of Topliss-reactive ketones (excluding diaryl/α,β-unsaturated/α-hetero) is 1. The van der Waals surface area contributed by atoms with Crippen molar-refractivity contribution in [2.45, 2.75) is 0 Å². The first-order chi connectivity index (χ1) is 14.9. The Morgan fingerprint density at radius 1 is 0.935 bits per heavy atom. The van der Waals surface area contributed by atoms with E-state index in [0.717, 1.165) is 5.39 Å². The monoisotopic (exact) mass is 420 g/mol. The normalized spacial score (nSPS) is 14.5. The Kier molecular flexibility index (Phi) is 5.59. The van der Waals surface area contributed by atoms with Crippen LogP contribution in [0.3, 0.4) is 0 Å². The number of hydrogen-bond acceptors (Lipinski definition) is 6. The van der Waals surface area contributed by atoms with Crippen LogP contribution in [-0.4, -0.2) is 64.1 Å². The van der Waals surface area contributed by atoms with Gasteiger partial charge in [0.2, 0.25) is 5.56 Å². The van der Waals surface area contributed by atoms with Crippen molar-refractivity contribution in [1.29, 1.82) is 0 Å². The lowest BCUT2D eigenvalue weighted by Gasteiger charge is -2.34. The molecule has 9 nitrogen and oxygen atoms in total. The number of hydrogen-bond donors (Lipinski definition) is 1. The number of amides is 1. The molecule has 0 unspecified atom stereocenters. The molecule has 3 aromatic rings. The van der Waals surface area contributed by atoms with Crippen LogP contribution in [0.25, 0.3) is 10.9 Å². The zero-order valence-corrected chi connectivity index (χ0v) is 16.6. The first kappa shape index (κ1) is 20.4. The van der Waals surface area contributed by atoms with Gasteiger partial charge in [0.15, 0.2) is 5.78 Å². The van der Waals surface area contributed by atoms with E-state index in [1.807, 2.05) is 4.90 Å². The van der Waals surface area contributed by atoms with E-state index in [1.165, 1.54) is 30.3 Å². The highest BCUT2D eigenvalue weighted by atomic mass is 16.6. The molecule has 0 radical (unpaired) electrons. The quantitative estimate of drug-likeness (QED) is 0.384. The average molecular weight is 420 g/mol. The number of ketones is 1. The fourth-order valence-electron chi connectivity index (χ4n) is 3.64. The van der Waals surface area contributed by atoms with E-state index in [0.29, 0.717) is 42.8 Å². The zero-order chi connectivity index (χ0) is 22.0. The fraction of sp³-hybridized carbons (Fsp3) is 0.227. The second-order valence-corrected chi connectivity index (χ2v) is 7.42. The standard InChI is InChI=1S/C22H20N4O5/c27-20(17-3-7-19-16(13-17)4-8-21(28)23-19)14-24-9-11-25(12-10-24)22(29)15-1-5-18(6-2-15)26(30)31/h1-8,13H,9-12,14H2,(H,23,28). The summed E-state index contributed by atoms with van der Waals surface area (Å²) in [5.74, 6) is -0.201. The maximum atomic E-state index is 12.7. The molecule has 1 saturated heterocycles. The number of nitro benzene ring substituents is 1. The summed E-state index contributed by atoms with van der Waals surface area (Å²) >= 11 is 0. The van der Waals surface area contributed by atoms with Crippen molar-refractivity contribution in [3.8, 4) is 0 Å². The van der Waals surface area contributed by atoms with Crippen LogP contribution in [-0.2, 0) is 0 Å². The number of pyridine rings is 1. The fourth-order valence-corrected chi connectivity index (χ4v) is 3.64. The van der Waals surface area contributed by atoms with Crippen LogP contribution in [0.2, 0.25) is 0 Å². The minimum absolute atomic E-state index is 0.0248. The SMILES string of the molecule is O=C(CN1CCN(C(=O)c2ccc([N+](=O)[O-])cc2)CC1)c1ccc2[nH]c(=O)ccc2c1. The van der Waals surface area contributed by atoms with Crippen molar-refractivity contribution in [1.82, 2.24) is 14.8 Å². The minimum Gasteiger partial charge on any atom is -0.336 e. The van der Waals surface area contributed by atoms with Gasteiger partial charge in [-0.05, 0) is 41.8 Å². The summed E-state index contributed by atoms with van der Waals surface area (Å²) in [5, 5.41) is 11.5. The Morgan fingerprint density at radius 3 is 2.29 bits per heavy atom. The largest absolute Gasteiger partial charge is 0.336 e. The highest BCUT2D eigenvalue weighted by molar-refractivity contribution is 6.00. The molecule has 0 aliphatic carbocycles. The Bertz CT molecular complexity index is 1210. The predicted octanol–water partition coefficient (Wildman–Crippen LogP) is 2.08. The molecule has 1 fully saturated rings. The van der Waals surface area contributed by atoms with Crippen LogP contribution in [0, 0.1) is 10.1 Å². The van der Waals surface area contributed by atoms with Gasteiger partial charge in [0.25, 0.3) is 11.6 Å². The number of carbonyl (C=O) groups excluding carboxylic acids is 2. The van der Waals surface area contributed by atoms with Crippen LogP contribution < -0.4 is 5.56 Å². The van der Waals surface area contributed by atoms with Crippen molar-refractivity contribution in [3.05, 3.63) is 86.2 Å². The molecule has 0 atom stereocenters. The van der Waals surface area contributed by atoms with Gasteiger partial charge in [0.1, 0.15) is 0 Å². The number of piperazine rings is 1. The van der Waals surface area contributed by atoms with Gasteiger partial charge < -0.3 is 9.88 Å². The number of non-ortho nitro benzene ring substituents is 1. The van der Waals surface area contributed by atoms with Gasteiger partial charge in [-0.15, -0.1) is 0 Å². The van der Waals surface area contributed by atoms with Gasteiger partial charge in [-0.3, -0.25) is 29.4 Å². The topological polar surface area (TPSA) is 117 Å². The Morgan fingerprint density at radius 2 is 1.61 bits per heavy atom. The zero-order valence-electron chi connectivity index (χ0n) is 16.6. The number of nitrogens with one attached hydrogen (secondary N) is 1. The van der Waals surface area contributed by atoms with Crippen molar-refractivity contribution < 1.29 is 14.5 Å². The summed E-state index contributed by atoms with van der Waals surface area (Å²) in [4.78, 5) is 53.4. The first-order valence-corrected chi connectivity index (χ1v) is 9.83. The number of carbonyl (C=O) groups is 2. The van der Waals surface area contributed by atoms with E-state index in [2.05, 4.69) is 4.98 Å². The molecule has 1 N–H and O–H groups in total. The lowest BCUT2D eigenvalue weighted by atomic mass is 10.1. The van der Waals surface area contributed by atoms with E-state index >= 15 is 0 Å². The molecule has 4 rings (SSSR count). The van der Waals surface area contributed by atoms with E-state index in [-0.39, 0.29) is 29.5 Å². The molecular formula is C22H20N4O5. The maximum absolute atomic E-state index is 12.7. The highest BCUT2D eigenvalue weighted by Crippen LogP contribution is 2.16. The van der Waals surface area contributed by atoms with Crippen molar-refractivity contribution in [2.24, 2.45) is 0 Å². The number of benzene rings is 2. The summed E-state index contributed by atoms with van der Waals surface area (Å²) in [5.41, 5.74) is 1.42. The van der Waals surface area contributed by atoms with Gasteiger partial charge in [-0.1, -0.05) is 0 Å². The third-order valence-corrected chi connectivity index (χ3v) is 5.40. The summed E-state index contributed by atoms with van der Waals surface area (Å²) in [6, 6.07) is 13.9. The maximum Gasteiger partial charge on any atom is 0.269 e. The van der Waals surface area contributed by atoms with E-state index in [1.54, 1.807) is 29.2 Å². The molecule has 0 spiro atoms. The molecule has 158 valence electrons. The smallest absolute Gasteiger partial charge is 0.269 e. The minimum atomic E-state index is -0.501. The number of H-pyrrole nitrogens is 1. The molecule has 1 aliphatic heterocycles. The highest BCUT2D eigenvalue weighted by Gasteiger charge is 2.24. The van der Waals surface area contributed by atoms with E-state index in [9.17, 15) is 24.5 Å². The van der Waals surface area contributed by atoms with Crippen molar-refractivity contribution >= 4 is 28.3 Å². The number of aromatic amines is 1. The van der Waals surface area contributed by atoms with Crippen molar-refractivity contribution in [2.75, 3.05) is 32.7 Å². The first-order valence-electron chi connectivity index (χ1n) is 9.83. The van der Waals surface area contributed by atoms with Gasteiger partial charge in [0, 0.05) is 61.0 Å². The number of nitro groups is 1. The lowest BCUT2D eigenvalue weighted by Crippen LogP contribution is -2.49. The van der Waals surface area contributed by atoms with Crippen LogP contribution >= 0.6 is 0 Å². The van der Waals surface area contributed by atoms with Crippen LogP contribution in [0.4, 0.5) is 5.69 Å². The number of aromatic nitrogens is 1. The Labute approximate surface area is 177 Å². The molecule has 2 heterocycles. The molecule has 0 bridgehead atoms. The average Bonchev–Trinajstić information content (AvgIpc) is 2.78. The number of fused-ring (bicyclic) bond motifs is 1.